The number of aromatic carboxylic acids is 1. The van der Waals surface area contributed by atoms with Gasteiger partial charge in [0.2, 0.25) is 0 Å². The van der Waals surface area contributed by atoms with Gasteiger partial charge in [0.05, 0.1) is 0 Å². The highest BCUT2D eigenvalue weighted by atomic mass is 16.4. The first-order valence-corrected chi connectivity index (χ1v) is 6.00. The van der Waals surface area contributed by atoms with Crippen LogP contribution in [0.2, 0.25) is 0 Å². The van der Waals surface area contributed by atoms with Crippen LogP contribution >= 0.6 is 0 Å². The highest BCUT2D eigenvalue weighted by Gasteiger charge is 2.18. The lowest BCUT2D eigenvalue weighted by molar-refractivity contribution is -0.140. The molecule has 1 aliphatic heterocycles. The molecule has 1 fully saturated rings. The maximum absolute atomic E-state index is 10.3. The monoisotopic (exact) mass is 267 g/mol. The van der Waals surface area contributed by atoms with Crippen molar-refractivity contribution in [1.82, 2.24) is 5.32 Å². The summed E-state index contributed by atoms with van der Waals surface area (Å²) < 4.78 is 0. The van der Waals surface area contributed by atoms with Crippen molar-refractivity contribution in [3.8, 4) is 5.75 Å². The summed E-state index contributed by atoms with van der Waals surface area (Å²) in [6, 6.07) is 5.53. The molecule has 0 aromatic heterocycles. The summed E-state index contributed by atoms with van der Waals surface area (Å²) >= 11 is 0. The van der Waals surface area contributed by atoms with Gasteiger partial charge in [0.15, 0.2) is 0 Å². The van der Waals surface area contributed by atoms with Crippen molar-refractivity contribution in [2.45, 2.75) is 25.3 Å². The van der Waals surface area contributed by atoms with Crippen LogP contribution in [0.25, 0.3) is 0 Å². The van der Waals surface area contributed by atoms with Gasteiger partial charge in [-0.25, -0.2) is 4.79 Å². The fraction of sp³-hybridized carbons (Fsp3) is 0.385. The number of carbonyl (C=O) groups is 2. The zero-order valence-electron chi connectivity index (χ0n) is 10.4. The van der Waals surface area contributed by atoms with E-state index >= 15 is 0 Å². The Labute approximate surface area is 110 Å². The molecule has 19 heavy (non-hydrogen) atoms. The minimum absolute atomic E-state index is 0.0671. The number of hydrogen-bond acceptors (Lipinski definition) is 4. The van der Waals surface area contributed by atoms with Crippen LogP contribution in [-0.4, -0.2) is 39.8 Å². The fourth-order valence-corrected chi connectivity index (χ4v) is 1.72. The summed E-state index contributed by atoms with van der Waals surface area (Å²) in [4.78, 5) is 20.6. The first-order chi connectivity index (χ1) is 9.02. The molecule has 104 valence electrons. The summed E-state index contributed by atoms with van der Waals surface area (Å²) in [5, 5.41) is 28.7. The van der Waals surface area contributed by atoms with Crippen molar-refractivity contribution in [2.75, 3.05) is 6.54 Å². The van der Waals surface area contributed by atoms with Gasteiger partial charge < -0.3 is 20.6 Å². The van der Waals surface area contributed by atoms with E-state index in [1.165, 1.54) is 12.1 Å². The van der Waals surface area contributed by atoms with Crippen molar-refractivity contribution < 1.29 is 24.9 Å². The molecule has 1 aromatic rings. The Kier molecular flexibility index (Phi) is 5.81. The van der Waals surface area contributed by atoms with E-state index in [9.17, 15) is 9.59 Å². The minimum atomic E-state index is -1.11. The molecule has 1 aromatic carbocycles. The molecule has 0 spiro atoms. The van der Waals surface area contributed by atoms with Gasteiger partial charge in [-0.3, -0.25) is 4.79 Å². The number of carboxylic acids is 2. The van der Waals surface area contributed by atoms with Crippen LogP contribution in [0, 0.1) is 0 Å². The van der Waals surface area contributed by atoms with Gasteiger partial charge in [0.1, 0.15) is 17.4 Å². The first kappa shape index (κ1) is 15.0. The standard InChI is InChI=1S/C7H6O3.C6H11NO2/c8-6-4-2-1-3-5(6)7(9)10;8-6(9)5-3-1-2-4-7-5/h1-4,8H,(H,9,10);5,7H,1-4H2,(H,8,9). The molecule has 2 rings (SSSR count). The Bertz CT molecular complexity index is 440. The van der Waals surface area contributed by atoms with Crippen LogP contribution in [0.3, 0.4) is 0 Å². The van der Waals surface area contributed by atoms with E-state index in [2.05, 4.69) is 5.32 Å². The van der Waals surface area contributed by atoms with E-state index in [0.29, 0.717) is 0 Å². The number of para-hydroxylation sites is 1. The van der Waals surface area contributed by atoms with Gasteiger partial charge in [-0.05, 0) is 31.5 Å². The van der Waals surface area contributed by atoms with Crippen LogP contribution < -0.4 is 5.32 Å². The summed E-state index contributed by atoms with van der Waals surface area (Å²) in [5.74, 6) is -2.03. The molecule has 1 atom stereocenters. The van der Waals surface area contributed by atoms with Crippen LogP contribution in [0.5, 0.6) is 5.75 Å². The largest absolute Gasteiger partial charge is 0.507 e. The third-order valence-corrected chi connectivity index (χ3v) is 2.74. The SMILES string of the molecule is O=C(O)C1CCCCN1.O=C(O)c1ccccc1O. The van der Waals surface area contributed by atoms with Crippen molar-refractivity contribution in [1.29, 1.82) is 0 Å². The Balaban J connectivity index is 0.000000191. The lowest BCUT2D eigenvalue weighted by Gasteiger charge is -2.18. The number of aliphatic carboxylic acids is 1. The molecule has 1 unspecified atom stereocenters. The molecule has 0 amide bonds. The summed E-state index contributed by atoms with van der Waals surface area (Å²) in [5.41, 5.74) is -0.0671. The molecule has 6 heteroatoms. The van der Waals surface area contributed by atoms with Crippen molar-refractivity contribution in [3.05, 3.63) is 29.8 Å². The third-order valence-electron chi connectivity index (χ3n) is 2.74. The third kappa shape index (κ3) is 4.97. The van der Waals surface area contributed by atoms with Gasteiger partial charge in [-0.1, -0.05) is 18.6 Å². The Morgan fingerprint density at radius 3 is 2.21 bits per heavy atom. The van der Waals surface area contributed by atoms with Crippen molar-refractivity contribution in [3.63, 3.8) is 0 Å². The predicted octanol–water partition coefficient (Wildman–Crippen LogP) is 1.30. The molecule has 4 N–H and O–H groups in total. The lowest BCUT2D eigenvalue weighted by atomic mass is 10.1. The zero-order chi connectivity index (χ0) is 14.3. The molecular weight excluding hydrogens is 250 g/mol. The number of rotatable bonds is 2. The highest BCUT2D eigenvalue weighted by molar-refractivity contribution is 5.90. The Morgan fingerprint density at radius 1 is 1.16 bits per heavy atom. The smallest absolute Gasteiger partial charge is 0.339 e. The first-order valence-electron chi connectivity index (χ1n) is 6.00. The Morgan fingerprint density at radius 2 is 1.84 bits per heavy atom. The predicted molar refractivity (Wildman–Crippen MR) is 68.3 cm³/mol. The number of phenols is 1. The molecule has 0 aliphatic carbocycles. The van der Waals surface area contributed by atoms with Gasteiger partial charge >= 0.3 is 11.9 Å². The van der Waals surface area contributed by atoms with Crippen LogP contribution in [0.1, 0.15) is 29.6 Å². The molecule has 0 saturated carbocycles. The Hall–Kier alpha value is -2.08. The summed E-state index contributed by atoms with van der Waals surface area (Å²) in [6.45, 7) is 0.858. The van der Waals surface area contributed by atoms with E-state index in [0.717, 1.165) is 25.8 Å². The number of hydrogen-bond donors (Lipinski definition) is 4. The van der Waals surface area contributed by atoms with Crippen LogP contribution in [0.4, 0.5) is 0 Å². The van der Waals surface area contributed by atoms with Crippen LogP contribution in [-0.2, 0) is 4.79 Å². The molecule has 0 radical (unpaired) electrons. The summed E-state index contributed by atoms with van der Waals surface area (Å²) in [7, 11) is 0. The molecule has 0 bridgehead atoms. The highest BCUT2D eigenvalue weighted by Crippen LogP contribution is 2.14. The lowest BCUT2D eigenvalue weighted by Crippen LogP contribution is -2.40. The second kappa shape index (κ2) is 7.38. The fourth-order valence-electron chi connectivity index (χ4n) is 1.72. The van der Waals surface area contributed by atoms with E-state index in [4.69, 9.17) is 15.3 Å². The zero-order valence-corrected chi connectivity index (χ0v) is 10.4. The quantitative estimate of drug-likeness (QED) is 0.643. The maximum atomic E-state index is 10.3. The average Bonchev–Trinajstić information content (AvgIpc) is 2.40. The molecule has 6 nitrogen and oxygen atoms in total. The second-order valence-electron chi connectivity index (χ2n) is 4.16. The van der Waals surface area contributed by atoms with Gasteiger partial charge in [0, 0.05) is 0 Å². The van der Waals surface area contributed by atoms with E-state index < -0.39 is 11.9 Å². The van der Waals surface area contributed by atoms with Gasteiger partial charge in [-0.15, -0.1) is 0 Å². The number of piperidine rings is 1. The topological polar surface area (TPSA) is 107 Å². The number of aromatic hydroxyl groups is 1. The number of benzene rings is 1. The van der Waals surface area contributed by atoms with Crippen molar-refractivity contribution in [2.24, 2.45) is 0 Å². The normalized spacial score (nSPS) is 18.0. The van der Waals surface area contributed by atoms with E-state index in [-0.39, 0.29) is 17.4 Å². The minimum Gasteiger partial charge on any atom is -0.507 e. The second-order valence-corrected chi connectivity index (χ2v) is 4.16. The van der Waals surface area contributed by atoms with Crippen LogP contribution in [0.15, 0.2) is 24.3 Å². The molecule has 1 saturated heterocycles. The van der Waals surface area contributed by atoms with Gasteiger partial charge in [0.25, 0.3) is 0 Å². The number of nitrogens with one attached hydrogen (secondary N) is 1. The van der Waals surface area contributed by atoms with E-state index in [1.54, 1.807) is 12.1 Å². The molecule has 1 aliphatic rings. The molecular formula is C13H17NO5. The summed E-state index contributed by atoms with van der Waals surface area (Å²) in [6.07, 6.45) is 2.95. The number of carboxylic acid groups (broad SMARTS) is 2. The van der Waals surface area contributed by atoms with Gasteiger partial charge in [-0.2, -0.15) is 0 Å². The average molecular weight is 267 g/mol. The maximum Gasteiger partial charge on any atom is 0.339 e. The van der Waals surface area contributed by atoms with Crippen molar-refractivity contribution >= 4 is 11.9 Å². The molecule has 1 heterocycles. The van der Waals surface area contributed by atoms with E-state index in [1.807, 2.05) is 0 Å².